The van der Waals surface area contributed by atoms with Crippen LogP contribution in [0.3, 0.4) is 0 Å². The van der Waals surface area contributed by atoms with E-state index < -0.39 is 11.8 Å². The quantitative estimate of drug-likeness (QED) is 0.155. The van der Waals surface area contributed by atoms with Crippen LogP contribution in [0.4, 0.5) is 11.4 Å². The summed E-state index contributed by atoms with van der Waals surface area (Å²) in [6, 6.07) is 24.0. The summed E-state index contributed by atoms with van der Waals surface area (Å²) >= 11 is 13.2. The van der Waals surface area contributed by atoms with Gasteiger partial charge in [0.2, 0.25) is 5.91 Å². The topological polar surface area (TPSA) is 100 Å². The minimum atomic E-state index is -0.496. The van der Waals surface area contributed by atoms with Crippen LogP contribution in [0, 0.1) is 0 Å². The van der Waals surface area contributed by atoms with Crippen LogP contribution in [-0.2, 0) is 9.59 Å². The van der Waals surface area contributed by atoms with E-state index in [0.717, 1.165) is 4.90 Å². The molecule has 1 aromatic heterocycles. The number of carbonyl (C=O) groups is 3. The molecule has 0 aliphatic heterocycles. The van der Waals surface area contributed by atoms with Crippen molar-refractivity contribution in [1.29, 1.82) is 0 Å². The number of aromatic nitrogens is 1. The maximum atomic E-state index is 13.1. The molecule has 3 aromatic carbocycles. The highest BCUT2D eigenvalue weighted by atomic mass is 35.5. The van der Waals surface area contributed by atoms with Crippen molar-refractivity contribution in [3.63, 3.8) is 0 Å². The molecule has 0 bridgehead atoms. The van der Waals surface area contributed by atoms with Crippen molar-refractivity contribution in [2.24, 2.45) is 0 Å². The first-order valence-electron chi connectivity index (χ1n) is 11.6. The van der Waals surface area contributed by atoms with Gasteiger partial charge in [-0.2, -0.15) is 0 Å². The van der Waals surface area contributed by atoms with E-state index in [-0.39, 0.29) is 17.4 Å². The van der Waals surface area contributed by atoms with Gasteiger partial charge in [0.1, 0.15) is 5.70 Å². The Labute approximate surface area is 239 Å². The fourth-order valence-corrected chi connectivity index (χ4v) is 4.32. The molecule has 0 aliphatic rings. The SMILES string of the molecule is O=C(CSc1ccc(NC(=O)/C(=C/c2cccnc2)NC(=O)c2ccccc2)cc1)Nc1ccc(Cl)c(Cl)c1. The van der Waals surface area contributed by atoms with Crippen LogP contribution in [0.5, 0.6) is 0 Å². The predicted octanol–water partition coefficient (Wildman–Crippen LogP) is 6.53. The highest BCUT2D eigenvalue weighted by Gasteiger charge is 2.15. The minimum Gasteiger partial charge on any atom is -0.325 e. The Morgan fingerprint density at radius 2 is 1.56 bits per heavy atom. The average molecular weight is 577 g/mol. The lowest BCUT2D eigenvalue weighted by molar-refractivity contribution is -0.114. The summed E-state index contributed by atoms with van der Waals surface area (Å²) in [5.74, 6) is -0.929. The molecule has 0 unspecified atom stereocenters. The number of hydrogen-bond acceptors (Lipinski definition) is 5. The van der Waals surface area contributed by atoms with Crippen molar-refractivity contribution < 1.29 is 14.4 Å². The number of rotatable bonds is 9. The van der Waals surface area contributed by atoms with Crippen LogP contribution in [0.15, 0.2) is 108 Å². The first-order valence-corrected chi connectivity index (χ1v) is 13.4. The van der Waals surface area contributed by atoms with Crippen molar-refractivity contribution in [2.45, 2.75) is 4.90 Å². The summed E-state index contributed by atoms with van der Waals surface area (Å²) < 4.78 is 0. The van der Waals surface area contributed by atoms with Gasteiger partial charge in [-0.1, -0.05) is 47.5 Å². The van der Waals surface area contributed by atoms with Crippen molar-refractivity contribution in [1.82, 2.24) is 10.3 Å². The molecule has 3 amide bonds. The highest BCUT2D eigenvalue weighted by molar-refractivity contribution is 8.00. The largest absolute Gasteiger partial charge is 0.325 e. The van der Waals surface area contributed by atoms with Gasteiger partial charge in [0, 0.05) is 34.2 Å². The molecule has 0 saturated heterocycles. The third kappa shape index (κ3) is 8.44. The van der Waals surface area contributed by atoms with E-state index in [2.05, 4.69) is 20.9 Å². The molecule has 3 N–H and O–H groups in total. The number of nitrogens with one attached hydrogen (secondary N) is 3. The van der Waals surface area contributed by atoms with Crippen molar-refractivity contribution in [3.05, 3.63) is 124 Å². The minimum absolute atomic E-state index is 0.0641. The Hall–Kier alpha value is -4.11. The number of pyridine rings is 1. The fourth-order valence-electron chi connectivity index (χ4n) is 3.32. The molecule has 196 valence electrons. The molecule has 0 fully saturated rings. The first kappa shape index (κ1) is 27.9. The molecule has 4 aromatic rings. The van der Waals surface area contributed by atoms with Gasteiger partial charge in [0.05, 0.1) is 15.8 Å². The summed E-state index contributed by atoms with van der Waals surface area (Å²) in [6.45, 7) is 0. The van der Waals surface area contributed by atoms with E-state index in [0.29, 0.717) is 32.5 Å². The zero-order valence-electron chi connectivity index (χ0n) is 20.4. The Bertz CT molecular complexity index is 1500. The molecule has 0 atom stereocenters. The van der Waals surface area contributed by atoms with Gasteiger partial charge in [-0.25, -0.2) is 0 Å². The van der Waals surface area contributed by atoms with Crippen LogP contribution >= 0.6 is 35.0 Å². The van der Waals surface area contributed by atoms with E-state index in [4.69, 9.17) is 23.2 Å². The lowest BCUT2D eigenvalue weighted by atomic mass is 10.2. The zero-order chi connectivity index (χ0) is 27.6. The van der Waals surface area contributed by atoms with Crippen LogP contribution in [0.2, 0.25) is 10.0 Å². The lowest BCUT2D eigenvalue weighted by Gasteiger charge is -2.12. The second kappa shape index (κ2) is 13.6. The fraction of sp³-hybridized carbons (Fsp3) is 0.0345. The number of amides is 3. The van der Waals surface area contributed by atoms with Gasteiger partial charge in [0.15, 0.2) is 0 Å². The first-order chi connectivity index (χ1) is 18.9. The Balaban J connectivity index is 1.38. The molecule has 1 heterocycles. The zero-order valence-corrected chi connectivity index (χ0v) is 22.7. The maximum absolute atomic E-state index is 13.1. The van der Waals surface area contributed by atoms with E-state index in [1.165, 1.54) is 11.8 Å². The number of halogens is 2. The number of hydrogen-bond donors (Lipinski definition) is 3. The Morgan fingerprint density at radius 1 is 0.821 bits per heavy atom. The third-order valence-electron chi connectivity index (χ3n) is 5.21. The van der Waals surface area contributed by atoms with Gasteiger partial charge >= 0.3 is 0 Å². The monoisotopic (exact) mass is 576 g/mol. The number of nitrogens with zero attached hydrogens (tertiary/aromatic N) is 1. The summed E-state index contributed by atoms with van der Waals surface area (Å²) in [5, 5.41) is 9.03. The van der Waals surface area contributed by atoms with E-state index >= 15 is 0 Å². The summed E-state index contributed by atoms with van der Waals surface area (Å²) in [5.41, 5.74) is 2.22. The summed E-state index contributed by atoms with van der Waals surface area (Å²) in [7, 11) is 0. The lowest BCUT2D eigenvalue weighted by Crippen LogP contribution is -2.30. The van der Waals surface area contributed by atoms with E-state index in [1.807, 2.05) is 0 Å². The Morgan fingerprint density at radius 3 is 2.26 bits per heavy atom. The predicted molar refractivity (Wildman–Crippen MR) is 157 cm³/mol. The highest BCUT2D eigenvalue weighted by Crippen LogP contribution is 2.26. The van der Waals surface area contributed by atoms with Crippen molar-refractivity contribution in [3.8, 4) is 0 Å². The smallest absolute Gasteiger partial charge is 0.272 e. The molecular weight excluding hydrogens is 555 g/mol. The van der Waals surface area contributed by atoms with Gasteiger partial charge in [-0.05, 0) is 72.3 Å². The molecule has 39 heavy (non-hydrogen) atoms. The molecular formula is C29H22Cl2N4O3S. The standard InChI is InChI=1S/C29H22Cl2N4O3S/c30-24-13-10-22(16-25(24)31)33-27(36)18-39-23-11-8-21(9-12-23)34-29(38)26(15-19-5-4-14-32-17-19)35-28(37)20-6-2-1-3-7-20/h1-17H,18H2,(H,33,36)(H,34,38)(H,35,37)/b26-15-. The van der Waals surface area contributed by atoms with Gasteiger partial charge < -0.3 is 16.0 Å². The number of anilines is 2. The second-order valence-electron chi connectivity index (χ2n) is 8.11. The number of carbonyl (C=O) groups excluding carboxylic acids is 3. The van der Waals surface area contributed by atoms with Gasteiger partial charge in [-0.15, -0.1) is 11.8 Å². The van der Waals surface area contributed by atoms with Crippen LogP contribution in [0.1, 0.15) is 15.9 Å². The third-order valence-corrected chi connectivity index (χ3v) is 6.96. The average Bonchev–Trinajstić information content (AvgIpc) is 2.95. The van der Waals surface area contributed by atoms with Gasteiger partial charge in [0.25, 0.3) is 11.8 Å². The maximum Gasteiger partial charge on any atom is 0.272 e. The Kier molecular flexibility index (Phi) is 9.74. The van der Waals surface area contributed by atoms with Gasteiger partial charge in [-0.3, -0.25) is 19.4 Å². The number of benzene rings is 3. The summed E-state index contributed by atoms with van der Waals surface area (Å²) in [6.07, 6.45) is 4.77. The van der Waals surface area contributed by atoms with Crippen LogP contribution in [-0.4, -0.2) is 28.5 Å². The van der Waals surface area contributed by atoms with Crippen molar-refractivity contribution in [2.75, 3.05) is 16.4 Å². The van der Waals surface area contributed by atoms with Crippen LogP contribution in [0.25, 0.3) is 6.08 Å². The summed E-state index contributed by atoms with van der Waals surface area (Å²) in [4.78, 5) is 43.0. The van der Waals surface area contributed by atoms with Crippen LogP contribution < -0.4 is 16.0 Å². The van der Waals surface area contributed by atoms with E-state index in [1.54, 1.807) is 103 Å². The molecule has 10 heteroatoms. The van der Waals surface area contributed by atoms with Crippen molar-refractivity contribution >= 4 is 70.1 Å². The molecule has 7 nitrogen and oxygen atoms in total. The number of thioether (sulfide) groups is 1. The second-order valence-corrected chi connectivity index (χ2v) is 9.97. The molecule has 0 aliphatic carbocycles. The molecule has 0 saturated carbocycles. The molecule has 4 rings (SSSR count). The normalized spacial score (nSPS) is 11.0. The van der Waals surface area contributed by atoms with E-state index in [9.17, 15) is 14.4 Å². The molecule has 0 spiro atoms. The molecule has 0 radical (unpaired) electrons.